The second-order valence-corrected chi connectivity index (χ2v) is 11.0. The van der Waals surface area contributed by atoms with Crippen LogP contribution in [0.25, 0.3) is 28.7 Å². The van der Waals surface area contributed by atoms with Crippen LogP contribution in [-0.2, 0) is 4.79 Å². The zero-order valence-corrected chi connectivity index (χ0v) is 22.7. The van der Waals surface area contributed by atoms with Gasteiger partial charge in [0, 0.05) is 40.7 Å². The molecule has 1 aromatic carbocycles. The summed E-state index contributed by atoms with van der Waals surface area (Å²) in [5, 5.41) is 23.9. The molecule has 0 saturated carbocycles. The molecule has 1 aliphatic rings. The minimum atomic E-state index is -0.598. The highest BCUT2D eigenvalue weighted by atomic mass is 32.1. The van der Waals surface area contributed by atoms with Crippen LogP contribution < -0.4 is 15.8 Å². The van der Waals surface area contributed by atoms with E-state index >= 15 is 0 Å². The molecule has 6 heteroatoms. The number of carbonyl (C=O) groups is 1. The normalized spacial score (nSPS) is 15.9. The lowest BCUT2D eigenvalue weighted by Gasteiger charge is -2.29. The molecule has 1 saturated heterocycles. The first-order chi connectivity index (χ1) is 17.2. The predicted molar refractivity (Wildman–Crippen MR) is 150 cm³/mol. The van der Waals surface area contributed by atoms with Crippen LogP contribution in [-0.4, -0.2) is 41.1 Å². The summed E-state index contributed by atoms with van der Waals surface area (Å²) in [5.41, 5.74) is 2.45. The van der Waals surface area contributed by atoms with Crippen molar-refractivity contribution in [1.29, 1.82) is 5.26 Å². The lowest BCUT2D eigenvalue weighted by atomic mass is 9.99. The van der Waals surface area contributed by atoms with Crippen LogP contribution in [0.15, 0.2) is 47.7 Å². The average Bonchev–Trinajstić information content (AvgIpc) is 3.34. The van der Waals surface area contributed by atoms with Crippen LogP contribution >= 0.6 is 11.3 Å². The molecule has 190 valence electrons. The minimum absolute atomic E-state index is 0.0364. The number of amides is 1. The first kappa shape index (κ1) is 27.4. The first-order valence-corrected chi connectivity index (χ1v) is 13.4. The van der Waals surface area contributed by atoms with Crippen molar-refractivity contribution in [1.82, 2.24) is 10.2 Å². The monoisotopic (exact) mass is 503 g/mol. The van der Waals surface area contributed by atoms with Gasteiger partial charge in [0.25, 0.3) is 5.91 Å². The van der Waals surface area contributed by atoms with E-state index in [4.69, 9.17) is 0 Å². The average molecular weight is 504 g/mol. The van der Waals surface area contributed by atoms with E-state index in [1.165, 1.54) is 25.0 Å². The summed E-state index contributed by atoms with van der Waals surface area (Å²) in [6, 6.07) is 12.4. The molecular weight excluding hydrogens is 466 g/mol. The zero-order valence-electron chi connectivity index (χ0n) is 21.9. The van der Waals surface area contributed by atoms with Gasteiger partial charge < -0.3 is 15.3 Å². The molecule has 1 aromatic heterocycles. The van der Waals surface area contributed by atoms with Crippen LogP contribution in [0.1, 0.15) is 58.3 Å². The zero-order chi connectivity index (χ0) is 26.3. The van der Waals surface area contributed by atoms with Crippen molar-refractivity contribution in [2.24, 2.45) is 0 Å². The Balaban J connectivity index is 1.86. The molecule has 0 bridgehead atoms. The van der Waals surface area contributed by atoms with E-state index in [1.807, 2.05) is 26.0 Å². The fraction of sp³-hybridized carbons (Fsp3) is 0.400. The molecule has 2 heterocycles. The molecule has 2 aromatic rings. The number of thiophene rings is 1. The van der Waals surface area contributed by atoms with Crippen molar-refractivity contribution in [2.45, 2.75) is 58.9 Å². The van der Waals surface area contributed by atoms with Gasteiger partial charge in [0.2, 0.25) is 0 Å². The van der Waals surface area contributed by atoms with E-state index in [0.717, 1.165) is 38.8 Å². The Morgan fingerprint density at radius 1 is 1.25 bits per heavy atom. The van der Waals surface area contributed by atoms with Crippen molar-refractivity contribution in [3.05, 3.63) is 63.0 Å². The minimum Gasteiger partial charge on any atom is -0.396 e. The van der Waals surface area contributed by atoms with Gasteiger partial charge in [0.05, 0.1) is 0 Å². The van der Waals surface area contributed by atoms with Crippen LogP contribution in [0.5, 0.6) is 0 Å². The van der Waals surface area contributed by atoms with Gasteiger partial charge in [-0.3, -0.25) is 4.79 Å². The third kappa shape index (κ3) is 6.75. The molecule has 0 unspecified atom stereocenters. The van der Waals surface area contributed by atoms with Crippen LogP contribution in [0.2, 0.25) is 0 Å². The number of piperidine rings is 1. The smallest absolute Gasteiger partial charge is 0.262 e. The van der Waals surface area contributed by atoms with Gasteiger partial charge in [-0.2, -0.15) is 5.26 Å². The van der Waals surface area contributed by atoms with Crippen LogP contribution in [0, 0.1) is 11.3 Å². The maximum Gasteiger partial charge on any atom is 0.262 e. The van der Waals surface area contributed by atoms with Crippen molar-refractivity contribution >= 4 is 35.5 Å². The molecule has 1 amide bonds. The maximum absolute atomic E-state index is 12.8. The van der Waals surface area contributed by atoms with Crippen molar-refractivity contribution in [3.63, 3.8) is 0 Å². The summed E-state index contributed by atoms with van der Waals surface area (Å²) in [6.07, 6.45) is 8.60. The predicted octanol–water partition coefficient (Wildman–Crippen LogP) is 4.57. The summed E-state index contributed by atoms with van der Waals surface area (Å²) in [7, 11) is 0. The summed E-state index contributed by atoms with van der Waals surface area (Å²) < 4.78 is 0. The topological polar surface area (TPSA) is 76.4 Å². The Morgan fingerprint density at radius 3 is 2.58 bits per heavy atom. The van der Waals surface area contributed by atoms with Gasteiger partial charge >= 0.3 is 0 Å². The summed E-state index contributed by atoms with van der Waals surface area (Å²) in [5.74, 6) is -0.420. The lowest BCUT2D eigenvalue weighted by molar-refractivity contribution is -0.118. The number of nitriles is 1. The highest BCUT2D eigenvalue weighted by Crippen LogP contribution is 2.32. The van der Waals surface area contributed by atoms with Crippen LogP contribution in [0.3, 0.4) is 0 Å². The van der Waals surface area contributed by atoms with Crippen molar-refractivity contribution in [3.8, 4) is 16.5 Å². The molecule has 36 heavy (non-hydrogen) atoms. The van der Waals surface area contributed by atoms with Gasteiger partial charge in [-0.25, -0.2) is 0 Å². The van der Waals surface area contributed by atoms with E-state index in [-0.39, 0.29) is 12.2 Å². The molecule has 0 atom stereocenters. The second kappa shape index (κ2) is 12.2. The largest absolute Gasteiger partial charge is 0.396 e. The van der Waals surface area contributed by atoms with Gasteiger partial charge in [-0.15, -0.1) is 11.3 Å². The van der Waals surface area contributed by atoms with Gasteiger partial charge in [-0.05, 0) is 99.2 Å². The van der Waals surface area contributed by atoms with E-state index in [1.54, 1.807) is 18.3 Å². The number of likely N-dealkylation sites (tertiary alicyclic amines) is 1. The van der Waals surface area contributed by atoms with Crippen molar-refractivity contribution < 1.29 is 9.90 Å². The third-order valence-corrected chi connectivity index (χ3v) is 7.88. The highest BCUT2D eigenvalue weighted by Gasteiger charge is 2.23. The van der Waals surface area contributed by atoms with E-state index in [9.17, 15) is 15.2 Å². The summed E-state index contributed by atoms with van der Waals surface area (Å²) in [6.45, 7) is 14.0. The Hall–Kier alpha value is -3.14. The number of nitrogens with zero attached hydrogens (tertiary/aromatic N) is 2. The molecule has 0 radical (unpaired) electrons. The number of carbonyl (C=O) groups excluding carboxylic acids is 1. The van der Waals surface area contributed by atoms with Gasteiger partial charge in [-0.1, -0.05) is 24.8 Å². The number of hydrogen-bond acceptors (Lipinski definition) is 5. The Bertz CT molecular complexity index is 1300. The molecule has 1 aliphatic heterocycles. The SMILES string of the molecule is C=c1cc(-c2ccc(/C(C)=C(\C#N)C(=O)NC(C)(C)CCO)s2)cc/c1=C/C(=CC)N1CCCCC1. The fourth-order valence-corrected chi connectivity index (χ4v) is 5.41. The Labute approximate surface area is 218 Å². The van der Waals surface area contributed by atoms with E-state index in [2.05, 4.69) is 60.1 Å². The van der Waals surface area contributed by atoms with Crippen LogP contribution in [0.4, 0.5) is 0 Å². The Morgan fingerprint density at radius 2 is 1.97 bits per heavy atom. The molecule has 0 spiro atoms. The standard InChI is InChI=1S/C30H37N3O2S/c1-6-25(33-15-8-7-9-16-33)19-23-10-11-24(18-21(23)2)28-13-12-27(36-28)22(3)26(20-31)29(35)32-30(4,5)14-17-34/h6,10-13,18-19,34H,2,7-9,14-17H2,1,3-5H3,(H,32,35)/b23-19-,25-6?,26-22+. The Kier molecular flexibility index (Phi) is 9.31. The second-order valence-electron chi connectivity index (χ2n) is 9.91. The first-order valence-electron chi connectivity index (χ1n) is 12.6. The summed E-state index contributed by atoms with van der Waals surface area (Å²) >= 11 is 1.55. The van der Waals surface area contributed by atoms with E-state index in [0.29, 0.717) is 12.0 Å². The maximum atomic E-state index is 12.8. The molecule has 5 nitrogen and oxygen atoms in total. The molecule has 1 fully saturated rings. The molecular formula is C30H37N3O2S. The van der Waals surface area contributed by atoms with Gasteiger partial charge in [0.1, 0.15) is 11.6 Å². The molecule has 2 N–H and O–H groups in total. The van der Waals surface area contributed by atoms with Gasteiger partial charge in [0.15, 0.2) is 0 Å². The number of aliphatic hydroxyl groups excluding tert-OH is 1. The molecule has 3 rings (SSSR count). The lowest BCUT2D eigenvalue weighted by Crippen LogP contribution is -2.44. The van der Waals surface area contributed by atoms with E-state index < -0.39 is 11.4 Å². The number of benzene rings is 1. The molecule has 0 aliphatic carbocycles. The number of rotatable bonds is 8. The number of aliphatic hydroxyl groups is 1. The third-order valence-electron chi connectivity index (χ3n) is 6.63. The van der Waals surface area contributed by atoms with Crippen molar-refractivity contribution in [2.75, 3.05) is 19.7 Å². The number of allylic oxidation sites excluding steroid dienone is 3. The quantitative estimate of drug-likeness (QED) is 0.409. The number of hydrogen-bond donors (Lipinski definition) is 2. The summed E-state index contributed by atoms with van der Waals surface area (Å²) in [4.78, 5) is 17.2. The highest BCUT2D eigenvalue weighted by molar-refractivity contribution is 7.16. The fourth-order valence-electron chi connectivity index (χ4n) is 4.40. The number of nitrogens with one attached hydrogen (secondary N) is 1.